The Labute approximate surface area is 115 Å². The highest BCUT2D eigenvalue weighted by Gasteiger charge is 2.30. The fourth-order valence-electron chi connectivity index (χ4n) is 3.24. The summed E-state index contributed by atoms with van der Waals surface area (Å²) in [6.07, 6.45) is 0. The van der Waals surface area contributed by atoms with Crippen LogP contribution in [-0.2, 0) is 0 Å². The van der Waals surface area contributed by atoms with Gasteiger partial charge in [-0.2, -0.15) is 0 Å². The molecule has 3 nitrogen and oxygen atoms in total. The molecule has 0 N–H and O–H groups in total. The molecule has 20 heavy (non-hydrogen) atoms. The Hall–Kier alpha value is -2.68. The van der Waals surface area contributed by atoms with E-state index in [2.05, 4.69) is 0 Å². The molecule has 0 aliphatic heterocycles. The maximum atomic E-state index is 11.5. The van der Waals surface area contributed by atoms with Gasteiger partial charge in [0.05, 0.1) is 10.5 Å². The lowest BCUT2D eigenvalue weighted by Gasteiger charge is -2.06. The molecule has 4 rings (SSSR count). The summed E-state index contributed by atoms with van der Waals surface area (Å²) in [4.78, 5) is 11.2. The van der Waals surface area contributed by atoms with Crippen molar-refractivity contribution >= 4 is 16.5 Å². The van der Waals surface area contributed by atoms with Crippen molar-refractivity contribution in [1.82, 2.24) is 0 Å². The van der Waals surface area contributed by atoms with Crippen LogP contribution in [0.2, 0.25) is 0 Å². The van der Waals surface area contributed by atoms with E-state index in [1.165, 1.54) is 0 Å². The maximum Gasteiger partial charge on any atom is 0.280 e. The average molecular weight is 261 g/mol. The van der Waals surface area contributed by atoms with Crippen molar-refractivity contribution < 1.29 is 4.92 Å². The van der Waals surface area contributed by atoms with Gasteiger partial charge in [-0.3, -0.25) is 10.1 Å². The highest BCUT2D eigenvalue weighted by molar-refractivity contribution is 6.18. The van der Waals surface area contributed by atoms with Crippen LogP contribution in [0, 0.1) is 17.0 Å². The largest absolute Gasteiger partial charge is 0.280 e. The van der Waals surface area contributed by atoms with Crippen LogP contribution in [0.3, 0.4) is 0 Å². The molecule has 1 aliphatic rings. The first-order valence-electron chi connectivity index (χ1n) is 6.49. The monoisotopic (exact) mass is 261 g/mol. The van der Waals surface area contributed by atoms with Gasteiger partial charge in [-0.1, -0.05) is 42.5 Å². The normalized spacial score (nSPS) is 11.7. The van der Waals surface area contributed by atoms with E-state index >= 15 is 0 Å². The lowest BCUT2D eigenvalue weighted by Crippen LogP contribution is -1.95. The first-order valence-corrected chi connectivity index (χ1v) is 6.49. The lowest BCUT2D eigenvalue weighted by atomic mass is 9.98. The molecular formula is C17H11NO2. The molecule has 0 amide bonds. The second kappa shape index (κ2) is 3.67. The summed E-state index contributed by atoms with van der Waals surface area (Å²) < 4.78 is 0. The molecule has 3 heteroatoms. The zero-order valence-electron chi connectivity index (χ0n) is 10.9. The van der Waals surface area contributed by atoms with E-state index < -0.39 is 0 Å². The third-order valence-electron chi connectivity index (χ3n) is 4.00. The zero-order valence-corrected chi connectivity index (χ0v) is 10.9. The third kappa shape index (κ3) is 1.24. The minimum atomic E-state index is -0.261. The van der Waals surface area contributed by atoms with Crippen molar-refractivity contribution in [2.24, 2.45) is 0 Å². The van der Waals surface area contributed by atoms with Crippen LogP contribution in [0.5, 0.6) is 0 Å². The molecule has 0 saturated carbocycles. The molecule has 0 atom stereocenters. The Morgan fingerprint density at radius 2 is 1.65 bits per heavy atom. The molecule has 0 fully saturated rings. The predicted molar refractivity (Wildman–Crippen MR) is 79.8 cm³/mol. The lowest BCUT2D eigenvalue weighted by molar-refractivity contribution is -0.384. The molecule has 0 aromatic heterocycles. The molecular weight excluding hydrogens is 250 g/mol. The van der Waals surface area contributed by atoms with E-state index in [1.54, 1.807) is 0 Å². The van der Waals surface area contributed by atoms with Gasteiger partial charge in [0.25, 0.3) is 5.69 Å². The van der Waals surface area contributed by atoms with Gasteiger partial charge in [-0.25, -0.2) is 0 Å². The topological polar surface area (TPSA) is 43.1 Å². The number of nitro benzene ring substituents is 1. The third-order valence-corrected chi connectivity index (χ3v) is 4.00. The Morgan fingerprint density at radius 1 is 0.950 bits per heavy atom. The highest BCUT2D eigenvalue weighted by Crippen LogP contribution is 2.51. The number of rotatable bonds is 1. The quantitative estimate of drug-likeness (QED) is 0.368. The summed E-state index contributed by atoms with van der Waals surface area (Å²) in [6.45, 7) is 1.81. The molecule has 1 aliphatic carbocycles. The van der Waals surface area contributed by atoms with Crippen molar-refractivity contribution in [2.45, 2.75) is 6.92 Å². The van der Waals surface area contributed by atoms with E-state index in [-0.39, 0.29) is 10.6 Å². The van der Waals surface area contributed by atoms with Crippen molar-refractivity contribution in [3.8, 4) is 22.3 Å². The SMILES string of the molecule is Cc1cc2cccc3c2c(c1[N+](=O)[O-])-c1ccccc1-3. The number of nitro groups is 1. The first kappa shape index (κ1) is 11.2. The summed E-state index contributed by atoms with van der Waals surface area (Å²) in [5, 5.41) is 13.6. The van der Waals surface area contributed by atoms with E-state index in [0.29, 0.717) is 5.56 Å². The van der Waals surface area contributed by atoms with Crippen LogP contribution < -0.4 is 0 Å². The maximum absolute atomic E-state index is 11.5. The number of fused-ring (bicyclic) bond motifs is 3. The van der Waals surface area contributed by atoms with Gasteiger partial charge in [0, 0.05) is 10.9 Å². The van der Waals surface area contributed by atoms with Crippen LogP contribution >= 0.6 is 0 Å². The Kier molecular flexibility index (Phi) is 2.05. The molecule has 0 unspecified atom stereocenters. The summed E-state index contributed by atoms with van der Waals surface area (Å²) >= 11 is 0. The van der Waals surface area contributed by atoms with Crippen LogP contribution in [0.4, 0.5) is 5.69 Å². The minimum absolute atomic E-state index is 0.231. The molecule has 3 aromatic carbocycles. The van der Waals surface area contributed by atoms with Gasteiger partial charge in [0.2, 0.25) is 0 Å². The van der Waals surface area contributed by atoms with E-state index in [4.69, 9.17) is 0 Å². The van der Waals surface area contributed by atoms with Crippen LogP contribution in [-0.4, -0.2) is 4.92 Å². The molecule has 96 valence electrons. The number of hydrogen-bond donors (Lipinski definition) is 0. The van der Waals surface area contributed by atoms with Crippen LogP contribution in [0.1, 0.15) is 5.56 Å². The average Bonchev–Trinajstić information content (AvgIpc) is 2.76. The summed E-state index contributed by atoms with van der Waals surface area (Å²) in [5.74, 6) is 0. The summed E-state index contributed by atoms with van der Waals surface area (Å²) in [7, 11) is 0. The van der Waals surface area contributed by atoms with Crippen molar-refractivity contribution in [1.29, 1.82) is 0 Å². The van der Waals surface area contributed by atoms with E-state index in [0.717, 1.165) is 33.0 Å². The van der Waals surface area contributed by atoms with E-state index in [9.17, 15) is 10.1 Å². The van der Waals surface area contributed by atoms with Crippen LogP contribution in [0.15, 0.2) is 48.5 Å². The fraction of sp³-hybridized carbons (Fsp3) is 0.0588. The first-order chi connectivity index (χ1) is 9.68. The standard InChI is InChI=1S/C17H11NO2/c1-10-9-11-5-4-8-13-12-6-2-3-7-14(12)16(15(11)13)17(10)18(19)20/h2-9H,1H3. The van der Waals surface area contributed by atoms with Gasteiger partial charge in [0.1, 0.15) is 0 Å². The van der Waals surface area contributed by atoms with Crippen molar-refractivity contribution in [3.63, 3.8) is 0 Å². The van der Waals surface area contributed by atoms with Crippen LogP contribution in [0.25, 0.3) is 33.0 Å². The molecule has 0 heterocycles. The zero-order chi connectivity index (χ0) is 13.9. The van der Waals surface area contributed by atoms with Gasteiger partial charge >= 0.3 is 0 Å². The number of nitrogens with zero attached hydrogens (tertiary/aromatic N) is 1. The highest BCUT2D eigenvalue weighted by atomic mass is 16.6. The van der Waals surface area contributed by atoms with Gasteiger partial charge < -0.3 is 0 Å². The van der Waals surface area contributed by atoms with Crippen molar-refractivity contribution in [2.75, 3.05) is 0 Å². The number of benzene rings is 3. The minimum Gasteiger partial charge on any atom is -0.258 e. The second-order valence-corrected chi connectivity index (χ2v) is 5.12. The molecule has 0 bridgehead atoms. The Morgan fingerprint density at radius 3 is 2.40 bits per heavy atom. The Bertz CT molecular complexity index is 897. The number of aryl methyl sites for hydroxylation is 1. The predicted octanol–water partition coefficient (Wildman–Crippen LogP) is 4.70. The van der Waals surface area contributed by atoms with Gasteiger partial charge in [0.15, 0.2) is 0 Å². The summed E-state index contributed by atoms with van der Waals surface area (Å²) in [5.41, 5.74) is 4.87. The van der Waals surface area contributed by atoms with Gasteiger partial charge in [-0.15, -0.1) is 0 Å². The smallest absolute Gasteiger partial charge is 0.258 e. The van der Waals surface area contributed by atoms with Gasteiger partial charge in [-0.05, 0) is 35.1 Å². The molecule has 3 aromatic rings. The van der Waals surface area contributed by atoms with Crippen molar-refractivity contribution in [3.05, 3.63) is 64.2 Å². The molecule has 0 spiro atoms. The fourth-order valence-corrected chi connectivity index (χ4v) is 3.24. The second-order valence-electron chi connectivity index (χ2n) is 5.12. The number of hydrogen-bond acceptors (Lipinski definition) is 2. The molecule has 0 radical (unpaired) electrons. The Balaban J connectivity index is 2.31. The van der Waals surface area contributed by atoms with E-state index in [1.807, 2.05) is 55.5 Å². The summed E-state index contributed by atoms with van der Waals surface area (Å²) in [6, 6.07) is 15.9. The molecule has 0 saturated heterocycles.